The van der Waals surface area contributed by atoms with E-state index < -0.39 is 65.0 Å². The summed E-state index contributed by atoms with van der Waals surface area (Å²) >= 11 is 0. The quantitative estimate of drug-likeness (QED) is 0.346. The molecule has 4 fully saturated rings. The number of rotatable bonds is 6. The second-order valence-corrected chi connectivity index (χ2v) is 17.5. The van der Waals surface area contributed by atoms with Crippen LogP contribution in [0.25, 0.3) is 0 Å². The molecule has 7 atom stereocenters. The van der Waals surface area contributed by atoms with Crippen molar-refractivity contribution in [1.82, 2.24) is 0 Å². The second-order valence-electron chi connectivity index (χ2n) is 10.6. The number of sulfone groups is 1. The van der Waals surface area contributed by atoms with Crippen LogP contribution >= 0.6 is 0 Å². The van der Waals surface area contributed by atoms with E-state index in [0.717, 1.165) is 0 Å². The highest BCUT2D eigenvalue weighted by molar-refractivity contribution is 7.92. The van der Waals surface area contributed by atoms with Gasteiger partial charge in [0.05, 0.1) is 11.5 Å². The van der Waals surface area contributed by atoms with Gasteiger partial charge in [0.2, 0.25) is 5.79 Å². The number of ether oxygens (including phenoxy) is 4. The second kappa shape index (κ2) is 6.64. The van der Waals surface area contributed by atoms with Crippen molar-refractivity contribution in [3.63, 3.8) is 0 Å². The third-order valence-corrected chi connectivity index (χ3v) is 14.7. The van der Waals surface area contributed by atoms with E-state index in [9.17, 15) is 13.2 Å². The SMILES string of the molecule is COC12OC3(C(CO[Si](C)(C)C(C)(C)C)OC(=O)C3C1S(=O)(=O)c1ccccc1)C1OC12. The number of esters is 1. The van der Waals surface area contributed by atoms with E-state index in [2.05, 4.69) is 33.9 Å². The minimum absolute atomic E-state index is 0.0347. The fourth-order valence-corrected chi connectivity index (χ4v) is 8.46. The van der Waals surface area contributed by atoms with Gasteiger partial charge in [-0.25, -0.2) is 8.42 Å². The summed E-state index contributed by atoms with van der Waals surface area (Å²) in [5.74, 6) is -3.21. The number of carbonyl (C=O) groups is 1. The zero-order chi connectivity index (χ0) is 23.3. The summed E-state index contributed by atoms with van der Waals surface area (Å²) in [4.78, 5) is 13.3. The zero-order valence-corrected chi connectivity index (χ0v) is 21.0. The van der Waals surface area contributed by atoms with Crippen LogP contribution in [-0.4, -0.2) is 71.4 Å². The Morgan fingerprint density at radius 1 is 1.12 bits per heavy atom. The van der Waals surface area contributed by atoms with E-state index in [0.29, 0.717) is 0 Å². The van der Waals surface area contributed by atoms with E-state index in [1.54, 1.807) is 18.2 Å². The third kappa shape index (κ3) is 2.68. The average molecular weight is 483 g/mol. The molecule has 4 saturated heterocycles. The number of fused-ring (bicyclic) bond motifs is 3. The maximum absolute atomic E-state index is 13.7. The number of benzene rings is 1. The molecule has 32 heavy (non-hydrogen) atoms. The van der Waals surface area contributed by atoms with Crippen molar-refractivity contribution < 1.29 is 36.6 Å². The van der Waals surface area contributed by atoms with E-state index in [1.807, 2.05) is 0 Å². The highest BCUT2D eigenvalue weighted by Crippen LogP contribution is 2.69. The summed E-state index contributed by atoms with van der Waals surface area (Å²) in [7, 11) is -4.74. The lowest BCUT2D eigenvalue weighted by atomic mass is 9.76. The molecule has 4 aliphatic heterocycles. The molecule has 2 bridgehead atoms. The summed E-state index contributed by atoms with van der Waals surface area (Å²) < 4.78 is 57.6. The Balaban J connectivity index is 1.54. The van der Waals surface area contributed by atoms with Crippen molar-refractivity contribution in [2.24, 2.45) is 5.92 Å². The van der Waals surface area contributed by atoms with Gasteiger partial charge in [0.1, 0.15) is 23.4 Å². The van der Waals surface area contributed by atoms with Gasteiger partial charge < -0.3 is 23.4 Å². The van der Waals surface area contributed by atoms with Gasteiger partial charge in [0.25, 0.3) is 0 Å². The molecule has 0 aromatic heterocycles. The molecule has 1 spiro atoms. The topological polar surface area (TPSA) is 101 Å². The standard InChI is InChI=1S/C22H30O8SSi/c1-20(2,3)32(5,6)27-12-14-21-15(19(23)28-14)18(22(26-4,30-21)17-16(21)29-17)31(24,25)13-10-8-7-9-11-13/h7-11,14-18H,12H2,1-6H3. The van der Waals surface area contributed by atoms with E-state index in [4.69, 9.17) is 23.4 Å². The number of cyclic esters (lactones) is 1. The Hall–Kier alpha value is -1.30. The third-order valence-electron chi connectivity index (χ3n) is 8.00. The van der Waals surface area contributed by atoms with Gasteiger partial charge in [-0.1, -0.05) is 39.0 Å². The summed E-state index contributed by atoms with van der Waals surface area (Å²) in [5.41, 5.74) is -1.24. The molecule has 0 amide bonds. The molecule has 0 saturated carbocycles. The van der Waals surface area contributed by atoms with Crippen LogP contribution in [0.2, 0.25) is 18.1 Å². The Labute approximate surface area is 189 Å². The average Bonchev–Trinajstić information content (AvgIpc) is 3.35. The molecule has 0 aliphatic carbocycles. The summed E-state index contributed by atoms with van der Waals surface area (Å²) in [5, 5.41) is -1.30. The first kappa shape index (κ1) is 22.5. The molecule has 1 aromatic rings. The summed E-state index contributed by atoms with van der Waals surface area (Å²) in [6.45, 7) is 10.7. The van der Waals surface area contributed by atoms with Crippen molar-refractivity contribution in [3.8, 4) is 0 Å². The Morgan fingerprint density at radius 2 is 1.78 bits per heavy atom. The molecule has 1 aromatic carbocycles. The van der Waals surface area contributed by atoms with Crippen molar-refractivity contribution >= 4 is 24.1 Å². The number of methoxy groups -OCH3 is 1. The Bertz CT molecular complexity index is 1050. The molecule has 0 radical (unpaired) electrons. The summed E-state index contributed by atoms with van der Waals surface area (Å²) in [6.07, 6.45) is -1.80. The number of hydrogen-bond acceptors (Lipinski definition) is 8. The fourth-order valence-electron chi connectivity index (χ4n) is 5.24. The predicted octanol–water partition coefficient (Wildman–Crippen LogP) is 2.29. The van der Waals surface area contributed by atoms with Crippen LogP contribution in [0.3, 0.4) is 0 Å². The van der Waals surface area contributed by atoms with Gasteiger partial charge in [-0.3, -0.25) is 4.79 Å². The van der Waals surface area contributed by atoms with Crippen LogP contribution in [0.4, 0.5) is 0 Å². The lowest BCUT2D eigenvalue weighted by molar-refractivity contribution is -0.253. The van der Waals surface area contributed by atoms with E-state index in [1.165, 1.54) is 19.2 Å². The van der Waals surface area contributed by atoms with Crippen molar-refractivity contribution in [2.75, 3.05) is 13.7 Å². The van der Waals surface area contributed by atoms with Crippen LogP contribution in [-0.2, 0) is 38.0 Å². The lowest BCUT2D eigenvalue weighted by Gasteiger charge is -2.38. The smallest absolute Gasteiger partial charge is 0.314 e. The molecule has 176 valence electrons. The van der Waals surface area contributed by atoms with Gasteiger partial charge in [-0.15, -0.1) is 0 Å². The molecule has 5 rings (SSSR count). The number of hydrogen-bond donors (Lipinski definition) is 0. The molecule has 8 nitrogen and oxygen atoms in total. The van der Waals surface area contributed by atoms with Crippen molar-refractivity contribution in [1.29, 1.82) is 0 Å². The van der Waals surface area contributed by atoms with Crippen molar-refractivity contribution in [3.05, 3.63) is 30.3 Å². The Kier molecular flexibility index (Phi) is 4.66. The maximum atomic E-state index is 13.7. The molecular formula is C22H30O8SSi. The van der Waals surface area contributed by atoms with Gasteiger partial charge in [0, 0.05) is 7.11 Å². The first-order valence-corrected chi connectivity index (χ1v) is 15.3. The first-order valence-electron chi connectivity index (χ1n) is 10.9. The van der Waals surface area contributed by atoms with Gasteiger partial charge in [-0.2, -0.15) is 0 Å². The van der Waals surface area contributed by atoms with Gasteiger partial charge in [0.15, 0.2) is 29.9 Å². The van der Waals surface area contributed by atoms with Crippen LogP contribution in [0.1, 0.15) is 20.8 Å². The predicted molar refractivity (Wildman–Crippen MR) is 116 cm³/mol. The number of epoxide rings is 1. The highest BCUT2D eigenvalue weighted by atomic mass is 32.2. The Morgan fingerprint density at radius 3 is 2.38 bits per heavy atom. The van der Waals surface area contributed by atoms with Gasteiger partial charge >= 0.3 is 5.97 Å². The van der Waals surface area contributed by atoms with Crippen LogP contribution in [0.5, 0.6) is 0 Å². The monoisotopic (exact) mass is 482 g/mol. The highest BCUT2D eigenvalue weighted by Gasteiger charge is 2.92. The van der Waals surface area contributed by atoms with Crippen LogP contribution < -0.4 is 0 Å². The minimum Gasteiger partial charge on any atom is -0.456 e. The first-order chi connectivity index (χ1) is 14.8. The van der Waals surface area contributed by atoms with Crippen molar-refractivity contribution in [2.45, 2.75) is 78.7 Å². The van der Waals surface area contributed by atoms with E-state index >= 15 is 0 Å². The lowest BCUT2D eigenvalue weighted by Crippen LogP contribution is -2.56. The maximum Gasteiger partial charge on any atom is 0.314 e. The molecular weight excluding hydrogens is 452 g/mol. The molecule has 4 heterocycles. The van der Waals surface area contributed by atoms with Crippen LogP contribution in [0.15, 0.2) is 35.2 Å². The van der Waals surface area contributed by atoms with E-state index in [-0.39, 0.29) is 16.5 Å². The fraction of sp³-hybridized carbons (Fsp3) is 0.682. The molecule has 10 heteroatoms. The normalized spacial score (nSPS) is 40.2. The van der Waals surface area contributed by atoms with Crippen LogP contribution in [0, 0.1) is 5.92 Å². The molecule has 4 aliphatic rings. The zero-order valence-electron chi connectivity index (χ0n) is 19.2. The largest absolute Gasteiger partial charge is 0.456 e. The summed E-state index contributed by atoms with van der Waals surface area (Å²) in [6, 6.07) is 8.06. The molecule has 7 unspecified atom stereocenters. The van der Waals surface area contributed by atoms with Gasteiger partial charge in [-0.05, 0) is 30.3 Å². The number of carbonyl (C=O) groups excluding carboxylic acids is 1. The molecule has 0 N–H and O–H groups in total. The minimum atomic E-state index is -3.99.